The van der Waals surface area contributed by atoms with E-state index in [1.165, 1.54) is 16.9 Å². The minimum Gasteiger partial charge on any atom is -0.466 e. The van der Waals surface area contributed by atoms with E-state index in [2.05, 4.69) is 4.98 Å². The molecule has 2 rings (SSSR count). The highest BCUT2D eigenvalue weighted by Crippen LogP contribution is 2.30. The summed E-state index contributed by atoms with van der Waals surface area (Å²) in [6.07, 6.45) is 0.214. The molecule has 0 radical (unpaired) electrons. The van der Waals surface area contributed by atoms with Gasteiger partial charge in [0.25, 0.3) is 0 Å². The third kappa shape index (κ3) is 3.32. The molecule has 1 aromatic carbocycles. The van der Waals surface area contributed by atoms with Gasteiger partial charge in [-0.05, 0) is 13.8 Å². The van der Waals surface area contributed by atoms with Gasteiger partial charge in [0.2, 0.25) is 0 Å². The quantitative estimate of drug-likeness (QED) is 0.872. The molecule has 0 fully saturated rings. The molecule has 0 aliphatic carbocycles. The predicted molar refractivity (Wildman–Crippen MR) is 77.0 cm³/mol. The number of aromatic nitrogens is 1. The van der Waals surface area contributed by atoms with Crippen LogP contribution in [-0.2, 0) is 16.0 Å². The van der Waals surface area contributed by atoms with Crippen LogP contribution in [0.15, 0.2) is 24.3 Å². The van der Waals surface area contributed by atoms with E-state index in [0.717, 1.165) is 16.1 Å². The first-order chi connectivity index (χ1) is 9.10. The van der Waals surface area contributed by atoms with E-state index in [-0.39, 0.29) is 12.4 Å². The van der Waals surface area contributed by atoms with Crippen molar-refractivity contribution in [1.29, 1.82) is 0 Å². The van der Waals surface area contributed by atoms with E-state index < -0.39 is 0 Å². The smallest absolute Gasteiger partial charge is 0.311 e. The number of nitrogens with zero attached hydrogens (tertiary/aromatic N) is 1. The number of ether oxygens (including phenoxy) is 1. The summed E-state index contributed by atoms with van der Waals surface area (Å²) in [5.74, 6) is -0.250. The maximum atomic E-state index is 11.6. The Bertz CT molecular complexity index is 576. The molecule has 100 valence electrons. The minimum atomic E-state index is -0.250. The third-order valence-corrected chi connectivity index (χ3v) is 3.53. The van der Waals surface area contributed by atoms with Gasteiger partial charge in [-0.3, -0.25) is 4.79 Å². The van der Waals surface area contributed by atoms with E-state index in [9.17, 15) is 4.79 Å². The molecule has 5 heteroatoms. The van der Waals surface area contributed by atoms with Crippen molar-refractivity contribution in [3.8, 4) is 11.3 Å². The number of rotatable bonds is 4. The average molecular weight is 276 g/mol. The second-order valence-electron chi connectivity index (χ2n) is 4.17. The summed E-state index contributed by atoms with van der Waals surface area (Å²) in [5, 5.41) is 0.467. The summed E-state index contributed by atoms with van der Waals surface area (Å²) in [6.45, 7) is 4.20. The van der Waals surface area contributed by atoms with Crippen LogP contribution < -0.4 is 5.73 Å². The van der Waals surface area contributed by atoms with Crippen molar-refractivity contribution in [3.05, 3.63) is 34.7 Å². The number of hydrogen-bond donors (Lipinski definition) is 1. The second-order valence-corrected chi connectivity index (χ2v) is 5.29. The zero-order valence-electron chi connectivity index (χ0n) is 11.0. The number of nitrogens with two attached hydrogens (primary N) is 1. The van der Waals surface area contributed by atoms with Crippen LogP contribution in [0.3, 0.4) is 0 Å². The molecule has 4 nitrogen and oxygen atoms in total. The van der Waals surface area contributed by atoms with E-state index in [0.29, 0.717) is 11.7 Å². The molecule has 0 saturated heterocycles. The van der Waals surface area contributed by atoms with Crippen LogP contribution in [0.5, 0.6) is 0 Å². The lowest BCUT2D eigenvalue weighted by atomic mass is 10.1. The van der Waals surface area contributed by atoms with Crippen LogP contribution in [0.25, 0.3) is 11.3 Å². The van der Waals surface area contributed by atoms with E-state index >= 15 is 0 Å². The maximum absolute atomic E-state index is 11.6. The lowest BCUT2D eigenvalue weighted by molar-refractivity contribution is -0.142. The fourth-order valence-corrected chi connectivity index (χ4v) is 2.61. The Balaban J connectivity index is 2.30. The molecule has 0 saturated carbocycles. The number of anilines is 1. The molecule has 0 amide bonds. The van der Waals surface area contributed by atoms with Crippen molar-refractivity contribution < 1.29 is 9.53 Å². The molecule has 0 bridgehead atoms. The number of esters is 1. The summed E-state index contributed by atoms with van der Waals surface area (Å²) < 4.78 is 4.96. The molecule has 2 aromatic rings. The Morgan fingerprint density at radius 3 is 2.68 bits per heavy atom. The Morgan fingerprint density at radius 2 is 2.05 bits per heavy atom. The SMILES string of the molecule is CCOC(=O)Cc1sc(N)nc1-c1ccc(C)cc1. The van der Waals surface area contributed by atoms with Crippen molar-refractivity contribution in [1.82, 2.24) is 4.98 Å². The Morgan fingerprint density at radius 1 is 1.37 bits per heavy atom. The number of nitrogen functional groups attached to an aromatic ring is 1. The molecule has 0 spiro atoms. The first kappa shape index (κ1) is 13.5. The molecular formula is C14H16N2O2S. The average Bonchev–Trinajstić information content (AvgIpc) is 2.71. The lowest BCUT2D eigenvalue weighted by Gasteiger charge is -2.03. The number of aryl methyl sites for hydroxylation is 1. The normalized spacial score (nSPS) is 10.4. The van der Waals surface area contributed by atoms with Gasteiger partial charge >= 0.3 is 5.97 Å². The molecule has 19 heavy (non-hydrogen) atoms. The molecule has 0 unspecified atom stereocenters. The van der Waals surface area contributed by atoms with Gasteiger partial charge in [0.05, 0.1) is 18.7 Å². The van der Waals surface area contributed by atoms with Crippen LogP contribution in [0.2, 0.25) is 0 Å². The molecule has 0 aliphatic rings. The number of carbonyl (C=O) groups excluding carboxylic acids is 1. The van der Waals surface area contributed by atoms with Gasteiger partial charge in [-0.2, -0.15) is 0 Å². The monoisotopic (exact) mass is 276 g/mol. The van der Waals surface area contributed by atoms with Gasteiger partial charge in [0, 0.05) is 10.4 Å². The summed E-state index contributed by atoms with van der Waals surface area (Å²) in [6, 6.07) is 8.00. The highest BCUT2D eigenvalue weighted by molar-refractivity contribution is 7.15. The van der Waals surface area contributed by atoms with Crippen LogP contribution in [0, 0.1) is 6.92 Å². The molecule has 2 N–H and O–H groups in total. The van der Waals surface area contributed by atoms with E-state index in [1.54, 1.807) is 6.92 Å². The second kappa shape index (κ2) is 5.84. The van der Waals surface area contributed by atoms with Gasteiger partial charge in [0.15, 0.2) is 5.13 Å². The first-order valence-corrected chi connectivity index (χ1v) is 6.89. The third-order valence-electron chi connectivity index (χ3n) is 2.65. The largest absolute Gasteiger partial charge is 0.466 e. The van der Waals surface area contributed by atoms with Gasteiger partial charge in [-0.1, -0.05) is 29.8 Å². The summed E-state index contributed by atoms with van der Waals surface area (Å²) in [5.41, 5.74) is 8.68. The highest BCUT2D eigenvalue weighted by atomic mass is 32.1. The number of benzene rings is 1. The minimum absolute atomic E-state index is 0.214. The van der Waals surface area contributed by atoms with Gasteiger partial charge < -0.3 is 10.5 Å². The summed E-state index contributed by atoms with van der Waals surface area (Å²) >= 11 is 1.33. The number of carbonyl (C=O) groups is 1. The lowest BCUT2D eigenvalue weighted by Crippen LogP contribution is -2.07. The Kier molecular flexibility index (Phi) is 4.16. The van der Waals surface area contributed by atoms with Crippen molar-refractivity contribution in [2.24, 2.45) is 0 Å². The van der Waals surface area contributed by atoms with Crippen LogP contribution >= 0.6 is 11.3 Å². The number of thiazole rings is 1. The van der Waals surface area contributed by atoms with Crippen molar-refractivity contribution in [3.63, 3.8) is 0 Å². The molecule has 1 aromatic heterocycles. The standard InChI is InChI=1S/C14H16N2O2S/c1-3-18-12(17)8-11-13(16-14(15)19-11)10-6-4-9(2)5-7-10/h4-7H,3,8H2,1-2H3,(H2,15,16). The van der Waals surface area contributed by atoms with Crippen molar-refractivity contribution in [2.75, 3.05) is 12.3 Å². The van der Waals surface area contributed by atoms with Crippen molar-refractivity contribution >= 4 is 22.4 Å². The highest BCUT2D eigenvalue weighted by Gasteiger charge is 2.15. The Labute approximate surface area is 116 Å². The van der Waals surface area contributed by atoms with Crippen molar-refractivity contribution in [2.45, 2.75) is 20.3 Å². The van der Waals surface area contributed by atoms with E-state index in [4.69, 9.17) is 10.5 Å². The zero-order valence-corrected chi connectivity index (χ0v) is 11.8. The van der Waals surface area contributed by atoms with Gasteiger partial charge in [0.1, 0.15) is 0 Å². The molecular weight excluding hydrogens is 260 g/mol. The van der Waals surface area contributed by atoms with Gasteiger partial charge in [-0.25, -0.2) is 4.98 Å². The fraction of sp³-hybridized carbons (Fsp3) is 0.286. The predicted octanol–water partition coefficient (Wildman–Crippen LogP) is 2.81. The van der Waals surface area contributed by atoms with Gasteiger partial charge in [-0.15, -0.1) is 11.3 Å². The molecule has 0 aliphatic heterocycles. The van der Waals surface area contributed by atoms with Crippen LogP contribution in [-0.4, -0.2) is 17.6 Å². The Hall–Kier alpha value is -1.88. The number of hydrogen-bond acceptors (Lipinski definition) is 5. The van der Waals surface area contributed by atoms with Crippen LogP contribution in [0.1, 0.15) is 17.4 Å². The summed E-state index contributed by atoms with van der Waals surface area (Å²) in [4.78, 5) is 16.7. The topological polar surface area (TPSA) is 65.2 Å². The molecule has 1 heterocycles. The fourth-order valence-electron chi connectivity index (χ4n) is 1.77. The first-order valence-electron chi connectivity index (χ1n) is 6.08. The van der Waals surface area contributed by atoms with E-state index in [1.807, 2.05) is 31.2 Å². The van der Waals surface area contributed by atoms with Crippen LogP contribution in [0.4, 0.5) is 5.13 Å². The molecule has 0 atom stereocenters. The summed E-state index contributed by atoms with van der Waals surface area (Å²) in [7, 11) is 0. The maximum Gasteiger partial charge on any atom is 0.311 e. The zero-order chi connectivity index (χ0) is 13.8.